The maximum atomic E-state index is 11.7. The number of aliphatic hydroxyl groups excluding tert-OH is 1. The second-order valence-corrected chi connectivity index (χ2v) is 4.98. The number of rotatable bonds is 10. The first kappa shape index (κ1) is 18.8. The molecule has 3 N–H and O–H groups in total. The number of amides is 3. The number of methoxy groups -OCH3 is 1. The fourth-order valence-corrected chi connectivity index (χ4v) is 1.52. The minimum atomic E-state index is -0.480. The number of ether oxygens (including phenoxy) is 1. The summed E-state index contributed by atoms with van der Waals surface area (Å²) < 4.78 is 4.92. The predicted octanol–water partition coefficient (Wildman–Crippen LogP) is -0.201. The van der Waals surface area contributed by atoms with Gasteiger partial charge in [0, 0.05) is 26.7 Å². The average molecular weight is 289 g/mol. The number of imide groups is 1. The Hall–Kier alpha value is -1.18. The molecule has 0 aliphatic heterocycles. The van der Waals surface area contributed by atoms with Gasteiger partial charge in [-0.1, -0.05) is 13.8 Å². The minimum Gasteiger partial charge on any atom is -0.395 e. The van der Waals surface area contributed by atoms with E-state index >= 15 is 0 Å². The van der Waals surface area contributed by atoms with Crippen LogP contribution < -0.4 is 10.6 Å². The second kappa shape index (κ2) is 11.6. The Morgan fingerprint density at radius 3 is 2.55 bits per heavy atom. The molecular weight excluding hydrogens is 262 g/mol. The summed E-state index contributed by atoms with van der Waals surface area (Å²) in [4.78, 5) is 24.8. The van der Waals surface area contributed by atoms with Gasteiger partial charge in [-0.05, 0) is 12.3 Å². The van der Waals surface area contributed by atoms with Crippen molar-refractivity contribution in [2.24, 2.45) is 5.92 Å². The molecule has 0 saturated heterocycles. The van der Waals surface area contributed by atoms with Crippen molar-refractivity contribution >= 4 is 11.9 Å². The smallest absolute Gasteiger partial charge is 0.321 e. The third-order valence-electron chi connectivity index (χ3n) is 2.66. The van der Waals surface area contributed by atoms with Gasteiger partial charge in [-0.15, -0.1) is 0 Å². The highest BCUT2D eigenvalue weighted by molar-refractivity contribution is 5.95. The molecule has 7 heteroatoms. The van der Waals surface area contributed by atoms with E-state index in [1.807, 2.05) is 0 Å². The highest BCUT2D eigenvalue weighted by Crippen LogP contribution is 1.96. The Kier molecular flexibility index (Phi) is 10.9. The van der Waals surface area contributed by atoms with Crippen molar-refractivity contribution in [1.82, 2.24) is 15.5 Å². The molecular formula is C13H27N3O4. The number of carbonyl (C=O) groups excluding carboxylic acids is 2. The molecule has 3 amide bonds. The van der Waals surface area contributed by atoms with E-state index in [1.54, 1.807) is 12.0 Å². The first-order chi connectivity index (χ1) is 9.49. The van der Waals surface area contributed by atoms with Gasteiger partial charge in [-0.3, -0.25) is 15.0 Å². The summed E-state index contributed by atoms with van der Waals surface area (Å²) in [5, 5.41) is 13.8. The fourth-order valence-electron chi connectivity index (χ4n) is 1.52. The van der Waals surface area contributed by atoms with E-state index in [0.717, 1.165) is 6.42 Å². The lowest BCUT2D eigenvalue weighted by molar-refractivity contribution is -0.121. The maximum Gasteiger partial charge on any atom is 0.321 e. The van der Waals surface area contributed by atoms with Crippen molar-refractivity contribution in [3.63, 3.8) is 0 Å². The number of aliphatic hydroxyl groups is 1. The number of carbonyl (C=O) groups is 2. The van der Waals surface area contributed by atoms with Crippen molar-refractivity contribution in [3.8, 4) is 0 Å². The molecule has 0 heterocycles. The molecule has 0 spiro atoms. The Morgan fingerprint density at radius 2 is 2.00 bits per heavy atom. The van der Waals surface area contributed by atoms with Gasteiger partial charge in [0.2, 0.25) is 5.91 Å². The van der Waals surface area contributed by atoms with Crippen LogP contribution in [0.3, 0.4) is 0 Å². The maximum absolute atomic E-state index is 11.7. The summed E-state index contributed by atoms with van der Waals surface area (Å²) >= 11 is 0. The lowest BCUT2D eigenvalue weighted by Gasteiger charge is -2.19. The molecule has 118 valence electrons. The summed E-state index contributed by atoms with van der Waals surface area (Å²) in [5.74, 6) is 0.108. The van der Waals surface area contributed by atoms with Gasteiger partial charge in [0.05, 0.1) is 19.8 Å². The molecule has 0 aromatic carbocycles. The van der Waals surface area contributed by atoms with Crippen LogP contribution in [0, 0.1) is 5.92 Å². The summed E-state index contributed by atoms with van der Waals surface area (Å²) in [6.45, 7) is 6.04. The zero-order valence-electron chi connectivity index (χ0n) is 12.6. The van der Waals surface area contributed by atoms with Crippen LogP contribution in [0.1, 0.15) is 20.3 Å². The summed E-state index contributed by atoms with van der Waals surface area (Å²) in [5.41, 5.74) is 0. The van der Waals surface area contributed by atoms with Gasteiger partial charge >= 0.3 is 6.03 Å². The highest BCUT2D eigenvalue weighted by atomic mass is 16.5. The van der Waals surface area contributed by atoms with Crippen LogP contribution in [0.25, 0.3) is 0 Å². The second-order valence-electron chi connectivity index (χ2n) is 4.98. The SMILES string of the molecule is COCCN(CCO)CC(=O)NC(=O)NCCC(C)C. The van der Waals surface area contributed by atoms with Crippen LogP contribution in [-0.2, 0) is 9.53 Å². The van der Waals surface area contributed by atoms with Crippen molar-refractivity contribution in [2.75, 3.05) is 46.5 Å². The van der Waals surface area contributed by atoms with Gasteiger partial charge in [-0.2, -0.15) is 0 Å². The van der Waals surface area contributed by atoms with E-state index < -0.39 is 11.9 Å². The molecule has 0 bridgehead atoms. The molecule has 0 unspecified atom stereocenters. The van der Waals surface area contributed by atoms with E-state index in [4.69, 9.17) is 9.84 Å². The quantitative estimate of drug-likeness (QED) is 0.518. The highest BCUT2D eigenvalue weighted by Gasteiger charge is 2.12. The topological polar surface area (TPSA) is 90.9 Å². The first-order valence-electron chi connectivity index (χ1n) is 6.89. The van der Waals surface area contributed by atoms with Crippen molar-refractivity contribution in [3.05, 3.63) is 0 Å². The Labute approximate surface area is 120 Å². The summed E-state index contributed by atoms with van der Waals surface area (Å²) in [6.07, 6.45) is 0.867. The Morgan fingerprint density at radius 1 is 1.30 bits per heavy atom. The molecule has 0 fully saturated rings. The average Bonchev–Trinajstić information content (AvgIpc) is 2.35. The van der Waals surface area contributed by atoms with E-state index in [2.05, 4.69) is 24.5 Å². The molecule has 20 heavy (non-hydrogen) atoms. The summed E-state index contributed by atoms with van der Waals surface area (Å²) in [7, 11) is 1.57. The van der Waals surface area contributed by atoms with Gasteiger partial charge in [-0.25, -0.2) is 4.79 Å². The number of urea groups is 1. The lowest BCUT2D eigenvalue weighted by atomic mass is 10.1. The monoisotopic (exact) mass is 289 g/mol. The number of nitrogens with zero attached hydrogens (tertiary/aromatic N) is 1. The van der Waals surface area contributed by atoms with Crippen LogP contribution in [0.2, 0.25) is 0 Å². The molecule has 0 radical (unpaired) electrons. The standard InChI is InChI=1S/C13H27N3O4/c1-11(2)4-5-14-13(19)15-12(18)10-16(6-8-17)7-9-20-3/h11,17H,4-10H2,1-3H3,(H2,14,15,18,19). The number of hydrogen-bond donors (Lipinski definition) is 3. The molecule has 0 saturated carbocycles. The number of nitrogens with one attached hydrogen (secondary N) is 2. The van der Waals surface area contributed by atoms with E-state index in [0.29, 0.717) is 32.2 Å². The van der Waals surface area contributed by atoms with Crippen LogP contribution in [0.4, 0.5) is 4.79 Å². The normalized spacial score (nSPS) is 10.9. The van der Waals surface area contributed by atoms with Gasteiger partial charge in [0.25, 0.3) is 0 Å². The zero-order valence-corrected chi connectivity index (χ0v) is 12.6. The Balaban J connectivity index is 3.95. The largest absolute Gasteiger partial charge is 0.395 e. The molecule has 0 aromatic rings. The van der Waals surface area contributed by atoms with Crippen LogP contribution in [0.5, 0.6) is 0 Å². The van der Waals surface area contributed by atoms with Crippen LogP contribution >= 0.6 is 0 Å². The third kappa shape index (κ3) is 10.7. The van der Waals surface area contributed by atoms with E-state index in [-0.39, 0.29) is 13.2 Å². The number of hydrogen-bond acceptors (Lipinski definition) is 5. The summed E-state index contributed by atoms with van der Waals surface area (Å²) in [6, 6.07) is -0.480. The van der Waals surface area contributed by atoms with Gasteiger partial charge < -0.3 is 15.2 Å². The third-order valence-corrected chi connectivity index (χ3v) is 2.66. The molecule has 0 atom stereocenters. The Bertz CT molecular complexity index is 285. The van der Waals surface area contributed by atoms with E-state index in [1.165, 1.54) is 0 Å². The van der Waals surface area contributed by atoms with Gasteiger partial charge in [0.15, 0.2) is 0 Å². The minimum absolute atomic E-state index is 0.0441. The molecule has 0 aliphatic rings. The lowest BCUT2D eigenvalue weighted by Crippen LogP contribution is -2.46. The van der Waals surface area contributed by atoms with Gasteiger partial charge in [0.1, 0.15) is 0 Å². The zero-order chi connectivity index (χ0) is 15.4. The molecule has 7 nitrogen and oxygen atoms in total. The van der Waals surface area contributed by atoms with Crippen molar-refractivity contribution < 1.29 is 19.4 Å². The predicted molar refractivity (Wildman–Crippen MR) is 76.4 cm³/mol. The molecule has 0 rings (SSSR count). The first-order valence-corrected chi connectivity index (χ1v) is 6.89. The fraction of sp³-hybridized carbons (Fsp3) is 0.846. The van der Waals surface area contributed by atoms with Crippen molar-refractivity contribution in [1.29, 1.82) is 0 Å². The molecule has 0 aliphatic carbocycles. The molecule has 0 aromatic heterocycles. The van der Waals surface area contributed by atoms with Crippen LogP contribution in [-0.4, -0.2) is 68.4 Å². The van der Waals surface area contributed by atoms with Crippen molar-refractivity contribution in [2.45, 2.75) is 20.3 Å². The van der Waals surface area contributed by atoms with Crippen LogP contribution in [0.15, 0.2) is 0 Å². The van der Waals surface area contributed by atoms with E-state index in [9.17, 15) is 9.59 Å².